The van der Waals surface area contributed by atoms with Crippen LogP contribution in [-0.4, -0.2) is 5.54 Å². The summed E-state index contributed by atoms with van der Waals surface area (Å²) in [4.78, 5) is 0. The number of rotatable bonds is 0. The maximum absolute atomic E-state index is 4.15. The first kappa shape index (κ1) is 8.24. The summed E-state index contributed by atoms with van der Waals surface area (Å²) >= 11 is 0. The Balaban J connectivity index is 2.91. The summed E-state index contributed by atoms with van der Waals surface area (Å²) in [6, 6.07) is 0. The van der Waals surface area contributed by atoms with E-state index in [-0.39, 0.29) is 5.54 Å². The Morgan fingerprint density at radius 1 is 1.55 bits per heavy atom. The standard InChI is InChI=1S/C8H15N3/c1-6-5-9-11-10-8(3,4)7(6)2/h5,7H,1-4H3,(H,9,10). The monoisotopic (exact) mass is 153 g/mol. The lowest BCUT2D eigenvalue weighted by Gasteiger charge is -2.24. The molecular formula is C8H15N3. The molecule has 0 bridgehead atoms. The van der Waals surface area contributed by atoms with E-state index in [2.05, 4.69) is 43.5 Å². The van der Waals surface area contributed by atoms with Crippen LogP contribution >= 0.6 is 0 Å². The lowest BCUT2D eigenvalue weighted by atomic mass is 9.85. The first-order valence-electron chi connectivity index (χ1n) is 3.88. The van der Waals surface area contributed by atoms with Gasteiger partial charge in [-0.05, 0) is 20.8 Å². The van der Waals surface area contributed by atoms with E-state index < -0.39 is 0 Å². The fourth-order valence-corrected chi connectivity index (χ4v) is 1.06. The summed E-state index contributed by atoms with van der Waals surface area (Å²) < 4.78 is 0. The normalized spacial score (nSPS) is 28.7. The molecule has 0 saturated heterocycles. The van der Waals surface area contributed by atoms with E-state index >= 15 is 0 Å². The number of hydrogen-bond acceptors (Lipinski definition) is 3. The first-order valence-corrected chi connectivity index (χ1v) is 3.88. The smallest absolute Gasteiger partial charge is 0.0844 e. The van der Waals surface area contributed by atoms with Gasteiger partial charge in [0.15, 0.2) is 0 Å². The quantitative estimate of drug-likeness (QED) is 0.569. The zero-order valence-corrected chi connectivity index (χ0v) is 7.55. The molecule has 1 atom stereocenters. The molecule has 0 spiro atoms. The van der Waals surface area contributed by atoms with Gasteiger partial charge in [-0.1, -0.05) is 17.7 Å². The van der Waals surface area contributed by atoms with Crippen LogP contribution in [0, 0.1) is 5.92 Å². The molecule has 62 valence electrons. The Bertz CT molecular complexity index is 203. The molecule has 0 aromatic heterocycles. The number of nitrogens with one attached hydrogen (secondary N) is 1. The third-order valence-electron chi connectivity index (χ3n) is 2.40. The molecule has 0 fully saturated rings. The molecule has 0 aromatic rings. The van der Waals surface area contributed by atoms with Crippen molar-refractivity contribution in [2.24, 2.45) is 16.3 Å². The van der Waals surface area contributed by atoms with Crippen molar-refractivity contribution >= 4 is 0 Å². The van der Waals surface area contributed by atoms with Crippen LogP contribution < -0.4 is 5.43 Å². The van der Waals surface area contributed by atoms with Crippen molar-refractivity contribution in [3.8, 4) is 0 Å². The zero-order chi connectivity index (χ0) is 8.48. The van der Waals surface area contributed by atoms with Crippen LogP contribution in [0.3, 0.4) is 0 Å². The second-order valence-electron chi connectivity index (χ2n) is 3.59. The average Bonchev–Trinajstić information content (AvgIpc) is 2.03. The molecule has 0 saturated carbocycles. The van der Waals surface area contributed by atoms with Gasteiger partial charge in [0, 0.05) is 12.1 Å². The SMILES string of the molecule is CC1=CNN=NC(C)(C)C1C. The van der Waals surface area contributed by atoms with E-state index in [0.29, 0.717) is 5.92 Å². The first-order chi connectivity index (χ1) is 5.04. The lowest BCUT2D eigenvalue weighted by molar-refractivity contribution is 0.379. The zero-order valence-electron chi connectivity index (χ0n) is 7.55. The Morgan fingerprint density at radius 2 is 2.18 bits per heavy atom. The summed E-state index contributed by atoms with van der Waals surface area (Å²) in [5, 5.41) is 7.97. The molecule has 0 aromatic carbocycles. The fourth-order valence-electron chi connectivity index (χ4n) is 1.06. The maximum atomic E-state index is 4.15. The Morgan fingerprint density at radius 3 is 2.82 bits per heavy atom. The van der Waals surface area contributed by atoms with Crippen LogP contribution in [0.2, 0.25) is 0 Å². The van der Waals surface area contributed by atoms with Crippen molar-refractivity contribution in [2.75, 3.05) is 0 Å². The van der Waals surface area contributed by atoms with Crippen LogP contribution in [0.15, 0.2) is 22.1 Å². The predicted molar refractivity (Wildman–Crippen MR) is 45.0 cm³/mol. The summed E-state index contributed by atoms with van der Waals surface area (Å²) in [5.74, 6) is 0.446. The summed E-state index contributed by atoms with van der Waals surface area (Å²) in [5.41, 5.74) is 3.99. The molecule has 0 amide bonds. The van der Waals surface area contributed by atoms with Crippen molar-refractivity contribution < 1.29 is 0 Å². The third kappa shape index (κ3) is 1.59. The van der Waals surface area contributed by atoms with Crippen LogP contribution in [0.25, 0.3) is 0 Å². The average molecular weight is 153 g/mol. The number of nitrogens with zero attached hydrogens (tertiary/aromatic N) is 2. The Kier molecular flexibility index (Phi) is 1.98. The number of hydrogen-bond donors (Lipinski definition) is 1. The van der Waals surface area contributed by atoms with Gasteiger partial charge < -0.3 is 0 Å². The van der Waals surface area contributed by atoms with Gasteiger partial charge in [-0.3, -0.25) is 5.43 Å². The van der Waals surface area contributed by atoms with E-state index in [4.69, 9.17) is 0 Å². The van der Waals surface area contributed by atoms with Crippen LogP contribution in [-0.2, 0) is 0 Å². The molecule has 0 aliphatic carbocycles. The molecule has 1 aliphatic rings. The fraction of sp³-hybridized carbons (Fsp3) is 0.750. The highest BCUT2D eigenvalue weighted by Gasteiger charge is 2.27. The molecule has 0 radical (unpaired) electrons. The highest BCUT2D eigenvalue weighted by Crippen LogP contribution is 2.28. The minimum Gasteiger partial charge on any atom is -0.267 e. The summed E-state index contributed by atoms with van der Waals surface area (Å²) in [7, 11) is 0. The molecular weight excluding hydrogens is 138 g/mol. The lowest BCUT2D eigenvalue weighted by Crippen LogP contribution is -2.26. The Labute approximate surface area is 67.6 Å². The van der Waals surface area contributed by atoms with E-state index in [1.807, 2.05) is 6.20 Å². The van der Waals surface area contributed by atoms with Gasteiger partial charge in [0.25, 0.3) is 0 Å². The molecule has 1 rings (SSSR count). The molecule has 1 N–H and O–H groups in total. The molecule has 3 nitrogen and oxygen atoms in total. The topological polar surface area (TPSA) is 36.8 Å². The van der Waals surface area contributed by atoms with E-state index in [1.54, 1.807) is 0 Å². The summed E-state index contributed by atoms with van der Waals surface area (Å²) in [6.45, 7) is 8.44. The molecule has 3 heteroatoms. The third-order valence-corrected chi connectivity index (χ3v) is 2.40. The van der Waals surface area contributed by atoms with Gasteiger partial charge in [-0.2, -0.15) is 5.11 Å². The van der Waals surface area contributed by atoms with Crippen LogP contribution in [0.5, 0.6) is 0 Å². The molecule has 1 heterocycles. The van der Waals surface area contributed by atoms with Crippen molar-refractivity contribution in [1.29, 1.82) is 0 Å². The second kappa shape index (κ2) is 2.64. The van der Waals surface area contributed by atoms with Gasteiger partial charge in [0.05, 0.1) is 5.54 Å². The predicted octanol–water partition coefficient (Wildman–Crippen LogP) is 2.28. The molecule has 1 aliphatic heterocycles. The van der Waals surface area contributed by atoms with Gasteiger partial charge in [-0.15, -0.1) is 0 Å². The minimum atomic E-state index is -0.0793. The van der Waals surface area contributed by atoms with E-state index in [1.165, 1.54) is 5.57 Å². The van der Waals surface area contributed by atoms with Crippen LogP contribution in [0.1, 0.15) is 27.7 Å². The molecule has 11 heavy (non-hydrogen) atoms. The van der Waals surface area contributed by atoms with Gasteiger partial charge in [-0.25, -0.2) is 0 Å². The minimum absolute atomic E-state index is 0.0793. The van der Waals surface area contributed by atoms with Crippen molar-refractivity contribution in [2.45, 2.75) is 33.2 Å². The summed E-state index contributed by atoms with van der Waals surface area (Å²) in [6.07, 6.45) is 1.91. The van der Waals surface area contributed by atoms with Gasteiger partial charge in [0.1, 0.15) is 0 Å². The van der Waals surface area contributed by atoms with Gasteiger partial charge in [0.2, 0.25) is 0 Å². The Hall–Kier alpha value is -0.860. The van der Waals surface area contributed by atoms with Crippen molar-refractivity contribution in [1.82, 2.24) is 5.43 Å². The largest absolute Gasteiger partial charge is 0.267 e. The van der Waals surface area contributed by atoms with Crippen molar-refractivity contribution in [3.05, 3.63) is 11.8 Å². The van der Waals surface area contributed by atoms with Crippen molar-refractivity contribution in [3.63, 3.8) is 0 Å². The second-order valence-corrected chi connectivity index (χ2v) is 3.59. The van der Waals surface area contributed by atoms with Crippen LogP contribution in [0.4, 0.5) is 0 Å². The highest BCUT2D eigenvalue weighted by molar-refractivity contribution is 5.08. The van der Waals surface area contributed by atoms with Gasteiger partial charge >= 0.3 is 0 Å². The van der Waals surface area contributed by atoms with E-state index in [9.17, 15) is 0 Å². The van der Waals surface area contributed by atoms with E-state index in [0.717, 1.165) is 0 Å². The highest BCUT2D eigenvalue weighted by atomic mass is 15.4. The molecule has 1 unspecified atom stereocenters. The maximum Gasteiger partial charge on any atom is 0.0844 e.